The van der Waals surface area contributed by atoms with Crippen LogP contribution in [0.1, 0.15) is 0 Å². The summed E-state index contributed by atoms with van der Waals surface area (Å²) in [5.74, 6) is 2.29. The molecule has 2 aliphatic heterocycles. The van der Waals surface area contributed by atoms with Gasteiger partial charge in [-0.2, -0.15) is 0 Å². The molecule has 5 heterocycles. The quantitative estimate of drug-likeness (QED) is 0.366. The van der Waals surface area contributed by atoms with Crippen LogP contribution in [0.25, 0.3) is 22.2 Å². The fourth-order valence-electron chi connectivity index (χ4n) is 4.76. The number of benzene rings is 1. The molecule has 10 heteroatoms. The number of anilines is 3. The van der Waals surface area contributed by atoms with Crippen molar-refractivity contribution in [2.24, 2.45) is 0 Å². The second-order valence-electron chi connectivity index (χ2n) is 9.38. The van der Waals surface area contributed by atoms with Crippen molar-refractivity contribution in [3.63, 3.8) is 0 Å². The third kappa shape index (κ3) is 5.83. The summed E-state index contributed by atoms with van der Waals surface area (Å²) < 4.78 is 11.5. The van der Waals surface area contributed by atoms with E-state index in [-0.39, 0.29) is 0 Å². The van der Waals surface area contributed by atoms with Gasteiger partial charge in [0.25, 0.3) is 0 Å². The maximum Gasteiger partial charge on any atom is 0.227 e. The summed E-state index contributed by atoms with van der Waals surface area (Å²) in [5, 5.41) is 7.61. The van der Waals surface area contributed by atoms with Crippen LogP contribution in [0.5, 0.6) is 5.75 Å². The van der Waals surface area contributed by atoms with E-state index in [0.717, 1.165) is 98.4 Å². The first-order chi connectivity index (χ1) is 18.8. The molecule has 38 heavy (non-hydrogen) atoms. The lowest BCUT2D eigenvalue weighted by atomic mass is 10.1. The fraction of sp³-hybridized carbons (Fsp3) is 0.357. The molecular formula is C28H32N8O2. The van der Waals surface area contributed by atoms with Crippen LogP contribution in [0, 0.1) is 0 Å². The molecule has 0 radical (unpaired) electrons. The van der Waals surface area contributed by atoms with Crippen molar-refractivity contribution in [1.29, 1.82) is 0 Å². The van der Waals surface area contributed by atoms with E-state index in [9.17, 15) is 0 Å². The Morgan fingerprint density at radius 1 is 0.947 bits per heavy atom. The van der Waals surface area contributed by atoms with Crippen molar-refractivity contribution >= 4 is 28.4 Å². The Hall–Kier alpha value is -3.86. The first-order valence-electron chi connectivity index (χ1n) is 13.2. The number of aromatic nitrogens is 4. The summed E-state index contributed by atoms with van der Waals surface area (Å²) in [4.78, 5) is 23.3. The Kier molecular flexibility index (Phi) is 7.52. The minimum atomic E-state index is 0.514. The number of pyridine rings is 2. The van der Waals surface area contributed by atoms with Crippen molar-refractivity contribution in [1.82, 2.24) is 30.2 Å². The predicted octanol–water partition coefficient (Wildman–Crippen LogP) is 2.95. The lowest BCUT2D eigenvalue weighted by Gasteiger charge is -2.28. The molecule has 10 nitrogen and oxygen atoms in total. The van der Waals surface area contributed by atoms with E-state index in [4.69, 9.17) is 14.5 Å². The summed E-state index contributed by atoms with van der Waals surface area (Å²) in [7, 11) is 0. The zero-order valence-corrected chi connectivity index (χ0v) is 21.3. The van der Waals surface area contributed by atoms with Gasteiger partial charge in [-0.3, -0.25) is 9.88 Å². The molecule has 3 aromatic heterocycles. The van der Waals surface area contributed by atoms with Crippen molar-refractivity contribution in [2.75, 3.05) is 75.9 Å². The van der Waals surface area contributed by atoms with Crippen LogP contribution in [0.2, 0.25) is 0 Å². The standard InChI is InChI=1S/C28H32N8O2/c1-2-21-19-32-28(33-22-4-5-26(31-20-22)36-10-8-29-9-11-36)34-27(21)24(3-1)25-18-23(6-7-30-25)38-17-14-35-12-15-37-16-13-35/h1-7,18-20,29H,8-17H2,(H,32,33,34). The number of nitrogens with zero attached hydrogens (tertiary/aromatic N) is 6. The molecule has 0 amide bonds. The van der Waals surface area contributed by atoms with Crippen LogP contribution in [-0.4, -0.2) is 90.5 Å². The molecule has 0 unspecified atom stereocenters. The molecule has 0 bridgehead atoms. The fourth-order valence-corrected chi connectivity index (χ4v) is 4.76. The first kappa shape index (κ1) is 24.5. The van der Waals surface area contributed by atoms with Gasteiger partial charge in [0.05, 0.1) is 36.3 Å². The van der Waals surface area contributed by atoms with Crippen LogP contribution >= 0.6 is 0 Å². The van der Waals surface area contributed by atoms with Gasteiger partial charge in [0.1, 0.15) is 18.2 Å². The van der Waals surface area contributed by atoms with Gasteiger partial charge >= 0.3 is 0 Å². The van der Waals surface area contributed by atoms with E-state index in [1.165, 1.54) is 0 Å². The zero-order chi connectivity index (χ0) is 25.6. The van der Waals surface area contributed by atoms with Crippen LogP contribution in [0.15, 0.2) is 61.1 Å². The number of fused-ring (bicyclic) bond motifs is 1. The molecule has 4 aromatic rings. The van der Waals surface area contributed by atoms with Gasteiger partial charge in [-0.1, -0.05) is 18.2 Å². The molecule has 0 saturated carbocycles. The predicted molar refractivity (Wildman–Crippen MR) is 148 cm³/mol. The van der Waals surface area contributed by atoms with Gasteiger partial charge in [-0.15, -0.1) is 0 Å². The molecule has 0 spiro atoms. The summed E-state index contributed by atoms with van der Waals surface area (Å²) in [6, 6.07) is 14.0. The van der Waals surface area contributed by atoms with E-state index < -0.39 is 0 Å². The smallest absolute Gasteiger partial charge is 0.227 e. The van der Waals surface area contributed by atoms with Gasteiger partial charge in [0, 0.05) is 75.2 Å². The Bertz CT molecular complexity index is 1350. The molecule has 0 aliphatic carbocycles. The number of para-hydroxylation sites is 1. The number of rotatable bonds is 8. The number of hydrogen-bond donors (Lipinski definition) is 2. The third-order valence-electron chi connectivity index (χ3n) is 6.84. The number of hydrogen-bond acceptors (Lipinski definition) is 10. The maximum absolute atomic E-state index is 6.06. The van der Waals surface area contributed by atoms with Crippen LogP contribution < -0.4 is 20.3 Å². The monoisotopic (exact) mass is 512 g/mol. The Balaban J connectivity index is 1.17. The Morgan fingerprint density at radius 3 is 2.68 bits per heavy atom. The van der Waals surface area contributed by atoms with E-state index in [1.807, 2.05) is 54.9 Å². The average molecular weight is 513 g/mol. The van der Waals surface area contributed by atoms with Crippen molar-refractivity contribution < 1.29 is 9.47 Å². The Labute approximate surface area is 222 Å². The highest BCUT2D eigenvalue weighted by Crippen LogP contribution is 2.29. The summed E-state index contributed by atoms with van der Waals surface area (Å²) >= 11 is 0. The van der Waals surface area contributed by atoms with Gasteiger partial charge in [-0.25, -0.2) is 15.0 Å². The minimum Gasteiger partial charge on any atom is -0.492 e. The van der Waals surface area contributed by atoms with Crippen LogP contribution in [0.3, 0.4) is 0 Å². The second-order valence-corrected chi connectivity index (χ2v) is 9.38. The van der Waals surface area contributed by atoms with Gasteiger partial charge < -0.3 is 25.0 Å². The van der Waals surface area contributed by atoms with Crippen molar-refractivity contribution in [3.8, 4) is 17.0 Å². The van der Waals surface area contributed by atoms with E-state index in [0.29, 0.717) is 12.6 Å². The van der Waals surface area contributed by atoms with Gasteiger partial charge in [-0.05, 0) is 18.2 Å². The first-order valence-corrected chi connectivity index (χ1v) is 13.2. The van der Waals surface area contributed by atoms with Crippen molar-refractivity contribution in [2.45, 2.75) is 0 Å². The lowest BCUT2D eigenvalue weighted by molar-refractivity contribution is 0.0322. The number of piperazine rings is 1. The normalized spacial score (nSPS) is 16.5. The average Bonchev–Trinajstić information content (AvgIpc) is 2.98. The molecule has 6 rings (SSSR count). The molecule has 2 saturated heterocycles. The molecule has 2 fully saturated rings. The molecule has 196 valence electrons. The summed E-state index contributed by atoms with van der Waals surface area (Å²) in [5.41, 5.74) is 3.41. The second kappa shape index (κ2) is 11.7. The zero-order valence-electron chi connectivity index (χ0n) is 21.3. The van der Waals surface area contributed by atoms with Gasteiger partial charge in [0.2, 0.25) is 5.95 Å². The summed E-state index contributed by atoms with van der Waals surface area (Å²) in [6.45, 7) is 8.87. The van der Waals surface area contributed by atoms with E-state index >= 15 is 0 Å². The molecular weight excluding hydrogens is 480 g/mol. The van der Waals surface area contributed by atoms with E-state index in [1.54, 1.807) is 6.20 Å². The Morgan fingerprint density at radius 2 is 1.84 bits per heavy atom. The highest BCUT2D eigenvalue weighted by atomic mass is 16.5. The largest absolute Gasteiger partial charge is 0.492 e. The molecule has 1 aromatic carbocycles. The topological polar surface area (TPSA) is 101 Å². The molecule has 0 atom stereocenters. The number of morpholine rings is 1. The molecule has 2 N–H and O–H groups in total. The SMILES string of the molecule is c1cc(-c2cc(OCCN3CCOCC3)ccn2)c2nc(Nc3ccc(N4CCNCC4)nc3)ncc2c1. The summed E-state index contributed by atoms with van der Waals surface area (Å²) in [6.07, 6.45) is 5.44. The number of nitrogens with one attached hydrogen (secondary N) is 2. The van der Waals surface area contributed by atoms with Crippen LogP contribution in [0.4, 0.5) is 17.5 Å². The third-order valence-corrected chi connectivity index (χ3v) is 6.84. The van der Waals surface area contributed by atoms with Crippen molar-refractivity contribution in [3.05, 3.63) is 61.1 Å². The number of ether oxygens (including phenoxy) is 2. The minimum absolute atomic E-state index is 0.514. The van der Waals surface area contributed by atoms with Gasteiger partial charge in [0.15, 0.2) is 0 Å². The molecule has 2 aliphatic rings. The van der Waals surface area contributed by atoms with E-state index in [2.05, 4.69) is 35.4 Å². The maximum atomic E-state index is 6.06. The highest BCUT2D eigenvalue weighted by molar-refractivity contribution is 5.93. The van der Waals surface area contributed by atoms with Crippen LogP contribution in [-0.2, 0) is 4.74 Å². The lowest BCUT2D eigenvalue weighted by Crippen LogP contribution is -2.43. The highest BCUT2D eigenvalue weighted by Gasteiger charge is 2.13.